The van der Waals surface area contributed by atoms with Crippen molar-refractivity contribution < 1.29 is 17.9 Å². The second kappa shape index (κ2) is 7.71. The fraction of sp³-hybridized carbons (Fsp3) is 0.312. The van der Waals surface area contributed by atoms with Crippen LogP contribution in [0.4, 0.5) is 8.78 Å². The van der Waals surface area contributed by atoms with Gasteiger partial charge >= 0.3 is 6.61 Å². The molecule has 0 amide bonds. The van der Waals surface area contributed by atoms with Crippen molar-refractivity contribution in [3.8, 4) is 17.2 Å². The molecule has 0 saturated heterocycles. The van der Waals surface area contributed by atoms with E-state index in [0.29, 0.717) is 28.4 Å². The summed E-state index contributed by atoms with van der Waals surface area (Å²) in [7, 11) is 0. The molecule has 0 radical (unpaired) electrons. The predicted molar refractivity (Wildman–Crippen MR) is 94.5 cm³/mol. The lowest BCUT2D eigenvalue weighted by atomic mass is 10.2. The van der Waals surface area contributed by atoms with Crippen molar-refractivity contribution in [2.45, 2.75) is 33.4 Å². The van der Waals surface area contributed by atoms with Crippen molar-refractivity contribution >= 4 is 27.5 Å². The number of ether oxygens (including phenoxy) is 1. The average molecular weight is 448 g/mol. The second-order valence-electron chi connectivity index (χ2n) is 5.48. The van der Waals surface area contributed by atoms with Gasteiger partial charge in [0.15, 0.2) is 0 Å². The van der Waals surface area contributed by atoms with Crippen LogP contribution in [0, 0.1) is 13.8 Å². The topological polar surface area (TPSA) is 66.0 Å². The summed E-state index contributed by atoms with van der Waals surface area (Å²) >= 11 is 9.41. The standard InChI is InChI=1S/C16H14BrClF2N4O2/c1-8-14(18)9(2)24(23-8)6-5-13-21-22-15(26-13)11-7-10(17)3-4-12(11)25-16(19)20/h3-4,7,16H,5-6H2,1-2H3. The lowest BCUT2D eigenvalue weighted by Crippen LogP contribution is -2.05. The minimum atomic E-state index is -2.95. The van der Waals surface area contributed by atoms with Crippen LogP contribution in [0.3, 0.4) is 0 Å². The molecule has 26 heavy (non-hydrogen) atoms. The monoisotopic (exact) mass is 446 g/mol. The molecule has 0 aliphatic carbocycles. The predicted octanol–water partition coefficient (Wildman–Crippen LogP) is 4.81. The number of aryl methyl sites for hydroxylation is 3. The van der Waals surface area contributed by atoms with Crippen molar-refractivity contribution in [1.29, 1.82) is 0 Å². The van der Waals surface area contributed by atoms with Gasteiger partial charge in [-0.3, -0.25) is 4.68 Å². The Labute approximate surface area is 161 Å². The molecule has 0 spiro atoms. The molecule has 0 bridgehead atoms. The van der Waals surface area contributed by atoms with Crippen molar-refractivity contribution in [1.82, 2.24) is 20.0 Å². The van der Waals surface area contributed by atoms with Crippen LogP contribution in [-0.2, 0) is 13.0 Å². The number of alkyl halides is 2. The Kier molecular flexibility index (Phi) is 5.57. The third-order valence-corrected chi connectivity index (χ3v) is 4.73. The number of nitrogens with zero attached hydrogens (tertiary/aromatic N) is 4. The first-order chi connectivity index (χ1) is 12.3. The van der Waals surface area contributed by atoms with Gasteiger partial charge < -0.3 is 9.15 Å². The van der Waals surface area contributed by atoms with E-state index in [1.807, 2.05) is 13.8 Å². The van der Waals surface area contributed by atoms with Gasteiger partial charge in [-0.2, -0.15) is 13.9 Å². The Morgan fingerprint density at radius 3 is 2.73 bits per heavy atom. The van der Waals surface area contributed by atoms with Crippen LogP contribution in [0.2, 0.25) is 5.02 Å². The molecule has 0 saturated carbocycles. The lowest BCUT2D eigenvalue weighted by molar-refractivity contribution is -0.0495. The molecule has 138 valence electrons. The molecule has 2 aromatic heterocycles. The van der Waals surface area contributed by atoms with Crippen molar-refractivity contribution in [2.75, 3.05) is 0 Å². The minimum absolute atomic E-state index is 0.0382. The first kappa shape index (κ1) is 18.8. The normalized spacial score (nSPS) is 11.3. The summed E-state index contributed by atoms with van der Waals surface area (Å²) in [5.74, 6) is 0.415. The van der Waals surface area contributed by atoms with Gasteiger partial charge in [0.25, 0.3) is 5.89 Å². The number of halogens is 4. The van der Waals surface area contributed by atoms with E-state index in [1.165, 1.54) is 6.07 Å². The Morgan fingerprint density at radius 1 is 1.31 bits per heavy atom. The Bertz CT molecular complexity index is 929. The van der Waals surface area contributed by atoms with Gasteiger partial charge in [-0.25, -0.2) is 0 Å². The fourth-order valence-corrected chi connectivity index (χ4v) is 2.92. The van der Waals surface area contributed by atoms with E-state index in [-0.39, 0.29) is 17.2 Å². The highest BCUT2D eigenvalue weighted by atomic mass is 79.9. The van der Waals surface area contributed by atoms with Crippen molar-refractivity contribution in [3.63, 3.8) is 0 Å². The highest BCUT2D eigenvalue weighted by Gasteiger charge is 2.18. The summed E-state index contributed by atoms with van der Waals surface area (Å²) in [4.78, 5) is 0. The summed E-state index contributed by atoms with van der Waals surface area (Å²) in [6.07, 6.45) is 0.421. The van der Waals surface area contributed by atoms with Gasteiger partial charge in [0.2, 0.25) is 5.89 Å². The number of hydrogen-bond acceptors (Lipinski definition) is 5. The molecule has 0 unspecified atom stereocenters. The van der Waals surface area contributed by atoms with Crippen LogP contribution < -0.4 is 4.74 Å². The van der Waals surface area contributed by atoms with Crippen LogP contribution in [0.5, 0.6) is 5.75 Å². The number of rotatable bonds is 6. The molecule has 3 rings (SSSR count). The Hall–Kier alpha value is -2.00. The zero-order valence-corrected chi connectivity index (χ0v) is 16.2. The maximum absolute atomic E-state index is 12.6. The maximum atomic E-state index is 12.6. The van der Waals surface area contributed by atoms with Crippen LogP contribution in [0.1, 0.15) is 17.3 Å². The number of hydrogen-bond donors (Lipinski definition) is 0. The number of aromatic nitrogens is 4. The summed E-state index contributed by atoms with van der Waals surface area (Å²) in [5, 5.41) is 12.9. The van der Waals surface area contributed by atoms with Crippen LogP contribution in [0.25, 0.3) is 11.5 Å². The van der Waals surface area contributed by atoms with Gasteiger partial charge in [-0.15, -0.1) is 10.2 Å². The molecule has 0 fully saturated rings. The zero-order chi connectivity index (χ0) is 18.8. The maximum Gasteiger partial charge on any atom is 0.387 e. The van der Waals surface area contributed by atoms with Gasteiger partial charge in [0, 0.05) is 17.4 Å². The molecule has 0 atom stereocenters. The third-order valence-electron chi connectivity index (χ3n) is 3.69. The van der Waals surface area contributed by atoms with Gasteiger partial charge in [0.05, 0.1) is 22.0 Å². The minimum Gasteiger partial charge on any atom is -0.434 e. The lowest BCUT2D eigenvalue weighted by Gasteiger charge is -2.08. The quantitative estimate of drug-likeness (QED) is 0.542. The van der Waals surface area contributed by atoms with Crippen LogP contribution in [0.15, 0.2) is 27.1 Å². The highest BCUT2D eigenvalue weighted by Crippen LogP contribution is 2.33. The van der Waals surface area contributed by atoms with E-state index < -0.39 is 6.61 Å². The summed E-state index contributed by atoms with van der Waals surface area (Å²) < 4.78 is 37.7. The SMILES string of the molecule is Cc1nn(CCc2nnc(-c3cc(Br)ccc3OC(F)F)o2)c(C)c1Cl. The largest absolute Gasteiger partial charge is 0.434 e. The molecular formula is C16H14BrClF2N4O2. The first-order valence-corrected chi connectivity index (χ1v) is 8.79. The number of benzene rings is 1. The first-order valence-electron chi connectivity index (χ1n) is 7.61. The summed E-state index contributed by atoms with van der Waals surface area (Å²) in [6, 6.07) is 4.58. The van der Waals surface area contributed by atoms with E-state index in [2.05, 4.69) is 36.0 Å². The second-order valence-corrected chi connectivity index (χ2v) is 6.77. The molecule has 6 nitrogen and oxygen atoms in total. The van der Waals surface area contributed by atoms with E-state index in [0.717, 1.165) is 11.4 Å². The van der Waals surface area contributed by atoms with Crippen LogP contribution in [-0.4, -0.2) is 26.6 Å². The third kappa shape index (κ3) is 4.04. The molecule has 3 aromatic rings. The van der Waals surface area contributed by atoms with E-state index in [1.54, 1.807) is 16.8 Å². The van der Waals surface area contributed by atoms with E-state index >= 15 is 0 Å². The van der Waals surface area contributed by atoms with Gasteiger partial charge in [-0.1, -0.05) is 27.5 Å². The molecule has 2 heterocycles. The Balaban J connectivity index is 1.79. The molecular weight excluding hydrogens is 434 g/mol. The molecule has 0 aliphatic heterocycles. The van der Waals surface area contributed by atoms with E-state index in [4.69, 9.17) is 16.0 Å². The Morgan fingerprint density at radius 2 is 2.08 bits per heavy atom. The van der Waals surface area contributed by atoms with Gasteiger partial charge in [-0.05, 0) is 32.0 Å². The van der Waals surface area contributed by atoms with E-state index in [9.17, 15) is 8.78 Å². The molecule has 0 aliphatic rings. The molecule has 1 aromatic carbocycles. The smallest absolute Gasteiger partial charge is 0.387 e. The fourth-order valence-electron chi connectivity index (χ4n) is 2.43. The van der Waals surface area contributed by atoms with Crippen LogP contribution >= 0.6 is 27.5 Å². The summed E-state index contributed by atoms with van der Waals surface area (Å²) in [6.45, 7) is 1.25. The highest BCUT2D eigenvalue weighted by molar-refractivity contribution is 9.10. The molecule has 0 N–H and O–H groups in total. The van der Waals surface area contributed by atoms with Crippen molar-refractivity contribution in [3.05, 3.63) is 45.0 Å². The molecule has 10 heteroatoms. The van der Waals surface area contributed by atoms with Gasteiger partial charge in [0.1, 0.15) is 5.75 Å². The average Bonchev–Trinajstić information content (AvgIpc) is 3.15. The summed E-state index contributed by atoms with van der Waals surface area (Å²) in [5.41, 5.74) is 1.88. The van der Waals surface area contributed by atoms with Crippen molar-refractivity contribution in [2.24, 2.45) is 0 Å². The zero-order valence-electron chi connectivity index (χ0n) is 13.8.